The second-order valence-electron chi connectivity index (χ2n) is 5.60. The molecule has 6 nitrogen and oxygen atoms in total. The molecule has 1 fully saturated rings. The van der Waals surface area contributed by atoms with Crippen LogP contribution in [0.5, 0.6) is 0 Å². The predicted molar refractivity (Wildman–Crippen MR) is 84.3 cm³/mol. The Labute approximate surface area is 133 Å². The molecular formula is C14H19NO5S2. The molecule has 1 aromatic heterocycles. The van der Waals surface area contributed by atoms with Crippen LogP contribution in [0, 0.1) is 0 Å². The Bertz CT molecular complexity index is 679. The van der Waals surface area contributed by atoms with Gasteiger partial charge in [-0.25, -0.2) is 13.2 Å². The zero-order valence-electron chi connectivity index (χ0n) is 12.5. The summed E-state index contributed by atoms with van der Waals surface area (Å²) in [6, 6.07) is 2.51. The lowest BCUT2D eigenvalue weighted by Crippen LogP contribution is -2.49. The molecule has 1 saturated carbocycles. The number of nitrogens with zero attached hydrogens (tertiary/aromatic N) is 1. The minimum absolute atomic E-state index is 0.0973. The van der Waals surface area contributed by atoms with Crippen molar-refractivity contribution in [3.8, 4) is 0 Å². The van der Waals surface area contributed by atoms with Gasteiger partial charge < -0.3 is 10.0 Å². The number of carboxylic acid groups (broad SMARTS) is 1. The molecule has 0 unspecified atom stereocenters. The van der Waals surface area contributed by atoms with Crippen molar-refractivity contribution in [3.05, 3.63) is 21.9 Å². The van der Waals surface area contributed by atoms with Crippen LogP contribution in [0.1, 0.15) is 45.0 Å². The number of hydrogen-bond acceptors (Lipinski definition) is 5. The average Bonchev–Trinajstić information content (AvgIpc) is 2.95. The highest BCUT2D eigenvalue weighted by atomic mass is 32.2. The van der Waals surface area contributed by atoms with E-state index < -0.39 is 21.1 Å². The lowest BCUT2D eigenvalue weighted by molar-refractivity contribution is 0.0696. The summed E-state index contributed by atoms with van der Waals surface area (Å²) in [4.78, 5) is 25.3. The summed E-state index contributed by atoms with van der Waals surface area (Å²) in [6.07, 6.45) is 4.16. The molecule has 0 bridgehead atoms. The summed E-state index contributed by atoms with van der Waals surface area (Å²) in [5.74, 6) is -1.39. The van der Waals surface area contributed by atoms with E-state index in [0.29, 0.717) is 17.7 Å². The average molecular weight is 345 g/mol. The first-order valence-corrected chi connectivity index (χ1v) is 9.78. The third-order valence-electron chi connectivity index (χ3n) is 4.06. The monoisotopic (exact) mass is 345 g/mol. The number of thiophene rings is 1. The second kappa shape index (κ2) is 6.37. The van der Waals surface area contributed by atoms with Crippen LogP contribution >= 0.6 is 11.3 Å². The van der Waals surface area contributed by atoms with Crippen molar-refractivity contribution < 1.29 is 23.1 Å². The Morgan fingerprint density at radius 2 is 1.82 bits per heavy atom. The highest BCUT2D eigenvalue weighted by molar-refractivity contribution is 7.91. The van der Waals surface area contributed by atoms with Crippen LogP contribution in [0.15, 0.2) is 12.1 Å². The van der Waals surface area contributed by atoms with E-state index in [-0.39, 0.29) is 16.8 Å². The smallest absolute Gasteiger partial charge is 0.345 e. The van der Waals surface area contributed by atoms with Crippen molar-refractivity contribution in [2.45, 2.75) is 37.0 Å². The van der Waals surface area contributed by atoms with Crippen LogP contribution in [0.2, 0.25) is 0 Å². The van der Waals surface area contributed by atoms with Gasteiger partial charge in [-0.3, -0.25) is 4.79 Å². The van der Waals surface area contributed by atoms with Gasteiger partial charge in [-0.1, -0.05) is 12.8 Å². The van der Waals surface area contributed by atoms with Crippen molar-refractivity contribution in [1.82, 2.24) is 4.90 Å². The molecule has 1 heterocycles. The Hall–Kier alpha value is -1.41. The van der Waals surface area contributed by atoms with Gasteiger partial charge in [0.2, 0.25) is 0 Å². The lowest BCUT2D eigenvalue weighted by atomic mass is 9.93. The molecule has 122 valence electrons. The maximum atomic E-state index is 12.5. The molecule has 0 aliphatic heterocycles. The van der Waals surface area contributed by atoms with Crippen molar-refractivity contribution in [2.24, 2.45) is 0 Å². The van der Waals surface area contributed by atoms with E-state index in [9.17, 15) is 18.0 Å². The first-order chi connectivity index (χ1) is 10.2. The fraction of sp³-hybridized carbons (Fsp3) is 0.571. The molecule has 1 aliphatic carbocycles. The number of sulfone groups is 1. The summed E-state index contributed by atoms with van der Waals surface area (Å²) in [5.41, 5.74) is 0. The highest BCUT2D eigenvalue weighted by Gasteiger charge is 2.37. The number of hydrogen-bond donors (Lipinski definition) is 1. The maximum Gasteiger partial charge on any atom is 0.345 e. The van der Waals surface area contributed by atoms with E-state index in [1.54, 1.807) is 7.05 Å². The SMILES string of the molecule is CN(C(=O)c1ccc(C(=O)O)s1)[C@@H]1CCCC[C@H]1S(C)(=O)=O. The molecule has 22 heavy (non-hydrogen) atoms. The summed E-state index contributed by atoms with van der Waals surface area (Å²) in [5, 5.41) is 8.38. The molecule has 8 heteroatoms. The van der Waals surface area contributed by atoms with Gasteiger partial charge in [0.25, 0.3) is 5.91 Å². The van der Waals surface area contributed by atoms with Gasteiger partial charge in [-0.05, 0) is 25.0 Å². The van der Waals surface area contributed by atoms with Crippen LogP contribution in [0.4, 0.5) is 0 Å². The largest absolute Gasteiger partial charge is 0.477 e. The van der Waals surface area contributed by atoms with Gasteiger partial charge in [-0.2, -0.15) is 0 Å². The van der Waals surface area contributed by atoms with E-state index in [1.165, 1.54) is 23.3 Å². The maximum absolute atomic E-state index is 12.5. The second-order valence-corrected chi connectivity index (χ2v) is 8.95. The molecule has 0 spiro atoms. The number of amides is 1. The van der Waals surface area contributed by atoms with Crippen LogP contribution in [0.25, 0.3) is 0 Å². The van der Waals surface area contributed by atoms with Crippen molar-refractivity contribution >= 4 is 33.1 Å². The zero-order valence-corrected chi connectivity index (χ0v) is 14.1. The fourth-order valence-electron chi connectivity index (χ4n) is 2.91. The van der Waals surface area contributed by atoms with Gasteiger partial charge in [0, 0.05) is 19.3 Å². The fourth-order valence-corrected chi connectivity index (χ4v) is 5.22. The molecule has 0 saturated heterocycles. The zero-order chi connectivity index (χ0) is 16.5. The third-order valence-corrected chi connectivity index (χ3v) is 6.77. The third kappa shape index (κ3) is 3.49. The van der Waals surface area contributed by atoms with Crippen LogP contribution in [0.3, 0.4) is 0 Å². The number of rotatable bonds is 4. The molecule has 1 amide bonds. The first-order valence-electron chi connectivity index (χ1n) is 7.01. The molecule has 0 radical (unpaired) electrons. The standard InChI is InChI=1S/C14H19NO5S2/c1-15(9-5-3-4-6-12(9)22(2,19)20)13(16)10-7-8-11(21-10)14(17)18/h7-9,12H,3-6H2,1-2H3,(H,17,18)/t9-,12-/m1/s1. The van der Waals surface area contributed by atoms with Crippen LogP contribution < -0.4 is 0 Å². The summed E-state index contributed by atoms with van der Waals surface area (Å²) in [7, 11) is -1.63. The number of carboxylic acids is 1. The predicted octanol–water partition coefficient (Wildman–Crippen LogP) is 1.87. The molecule has 0 aromatic carbocycles. The topological polar surface area (TPSA) is 91.8 Å². The number of aromatic carboxylic acids is 1. The quantitative estimate of drug-likeness (QED) is 0.899. The minimum atomic E-state index is -3.23. The van der Waals surface area contributed by atoms with Crippen LogP contribution in [-0.2, 0) is 9.84 Å². The van der Waals surface area contributed by atoms with E-state index in [1.807, 2.05) is 0 Å². The molecule has 2 atom stereocenters. The van der Waals surface area contributed by atoms with Gasteiger partial charge in [0.05, 0.1) is 10.1 Å². The van der Waals surface area contributed by atoms with Crippen molar-refractivity contribution in [3.63, 3.8) is 0 Å². The Morgan fingerprint density at radius 3 is 2.36 bits per heavy atom. The normalized spacial score (nSPS) is 22.3. The van der Waals surface area contributed by atoms with Crippen molar-refractivity contribution in [1.29, 1.82) is 0 Å². The van der Waals surface area contributed by atoms with Gasteiger partial charge in [0.1, 0.15) is 4.88 Å². The Kier molecular flexibility index (Phi) is 4.91. The van der Waals surface area contributed by atoms with E-state index >= 15 is 0 Å². The molecule has 1 aromatic rings. The highest BCUT2D eigenvalue weighted by Crippen LogP contribution is 2.29. The molecular weight excluding hydrogens is 326 g/mol. The van der Waals surface area contributed by atoms with Gasteiger partial charge in [0.15, 0.2) is 9.84 Å². The Balaban J connectivity index is 2.22. The summed E-state index contributed by atoms with van der Waals surface area (Å²) >= 11 is 0.910. The van der Waals surface area contributed by atoms with Crippen LogP contribution in [-0.4, -0.2) is 54.9 Å². The Morgan fingerprint density at radius 1 is 1.23 bits per heavy atom. The van der Waals surface area contributed by atoms with E-state index in [2.05, 4.69) is 0 Å². The van der Waals surface area contributed by atoms with E-state index in [4.69, 9.17) is 5.11 Å². The van der Waals surface area contributed by atoms with Crippen molar-refractivity contribution in [2.75, 3.05) is 13.3 Å². The molecule has 1 N–H and O–H groups in total. The number of carbonyl (C=O) groups is 2. The summed E-state index contributed by atoms with van der Waals surface area (Å²) < 4.78 is 23.9. The molecule has 1 aliphatic rings. The van der Waals surface area contributed by atoms with E-state index in [0.717, 1.165) is 24.2 Å². The van der Waals surface area contributed by atoms with Gasteiger partial charge >= 0.3 is 5.97 Å². The minimum Gasteiger partial charge on any atom is -0.477 e. The first kappa shape index (κ1) is 17.0. The number of carbonyl (C=O) groups excluding carboxylic acids is 1. The summed E-state index contributed by atoms with van der Waals surface area (Å²) in [6.45, 7) is 0. The lowest BCUT2D eigenvalue weighted by Gasteiger charge is -2.36. The van der Waals surface area contributed by atoms with Gasteiger partial charge in [-0.15, -0.1) is 11.3 Å². The molecule has 2 rings (SSSR count).